The van der Waals surface area contributed by atoms with Crippen molar-refractivity contribution in [3.8, 4) is 0 Å². The van der Waals surface area contributed by atoms with E-state index in [1.165, 1.54) is 25.1 Å². The van der Waals surface area contributed by atoms with Crippen molar-refractivity contribution < 1.29 is 0 Å². The van der Waals surface area contributed by atoms with Gasteiger partial charge in [0.2, 0.25) is 0 Å². The number of piperidine rings is 1. The highest BCUT2D eigenvalue weighted by atomic mass is 14.9. The van der Waals surface area contributed by atoms with E-state index in [0.29, 0.717) is 0 Å². The minimum absolute atomic E-state index is 0.800. The van der Waals surface area contributed by atoms with Crippen molar-refractivity contribution in [2.24, 2.45) is 0 Å². The monoisotopic (exact) mass is 173 g/mol. The summed E-state index contributed by atoms with van der Waals surface area (Å²) >= 11 is 0. The van der Waals surface area contributed by atoms with Crippen LogP contribution in [-0.4, -0.2) is 13.1 Å². The second-order valence-electron chi connectivity index (χ2n) is 4.37. The summed E-state index contributed by atoms with van der Waals surface area (Å²) in [6, 6.07) is 6.77. The van der Waals surface area contributed by atoms with Gasteiger partial charge in [-0.3, -0.25) is 0 Å². The molecular weight excluding hydrogens is 158 g/mol. The lowest BCUT2D eigenvalue weighted by Crippen LogP contribution is -2.28. The molecule has 3 rings (SSSR count). The average Bonchev–Trinajstić information content (AvgIpc) is 2.41. The predicted molar refractivity (Wildman–Crippen MR) is 54.1 cm³/mol. The van der Waals surface area contributed by atoms with Crippen LogP contribution in [0.5, 0.6) is 0 Å². The molecule has 1 heteroatoms. The zero-order chi connectivity index (χ0) is 8.84. The van der Waals surface area contributed by atoms with Gasteiger partial charge in [-0.15, -0.1) is 0 Å². The molecule has 2 unspecified atom stereocenters. The van der Waals surface area contributed by atoms with Crippen LogP contribution in [0.2, 0.25) is 0 Å². The van der Waals surface area contributed by atoms with Crippen molar-refractivity contribution in [1.29, 1.82) is 0 Å². The van der Waals surface area contributed by atoms with Gasteiger partial charge in [0.25, 0.3) is 0 Å². The van der Waals surface area contributed by atoms with Gasteiger partial charge in [-0.2, -0.15) is 0 Å². The molecule has 0 saturated carbocycles. The minimum atomic E-state index is 0.800. The maximum absolute atomic E-state index is 3.52. The molecule has 1 heterocycles. The first-order valence-electron chi connectivity index (χ1n) is 5.16. The molecule has 1 fully saturated rings. The van der Waals surface area contributed by atoms with E-state index in [0.717, 1.165) is 11.8 Å². The molecular formula is C12H15N. The Labute approximate surface area is 79.2 Å². The van der Waals surface area contributed by atoms with Gasteiger partial charge in [0.05, 0.1) is 0 Å². The van der Waals surface area contributed by atoms with Crippen molar-refractivity contribution in [1.82, 2.24) is 5.32 Å². The highest BCUT2D eigenvalue weighted by Gasteiger charge is 2.34. The van der Waals surface area contributed by atoms with Crippen LogP contribution in [-0.2, 0) is 0 Å². The molecule has 1 aromatic carbocycles. The molecule has 1 aliphatic heterocycles. The number of hydrogen-bond donors (Lipinski definition) is 1. The lowest BCUT2D eigenvalue weighted by atomic mass is 9.96. The van der Waals surface area contributed by atoms with Crippen LogP contribution < -0.4 is 5.32 Å². The fourth-order valence-corrected chi connectivity index (χ4v) is 3.02. The molecule has 0 spiro atoms. The summed E-state index contributed by atoms with van der Waals surface area (Å²) in [4.78, 5) is 0. The quantitative estimate of drug-likeness (QED) is 0.634. The molecule has 2 aliphatic rings. The summed E-state index contributed by atoms with van der Waals surface area (Å²) in [6.07, 6.45) is 1.38. The molecule has 68 valence electrons. The van der Waals surface area contributed by atoms with E-state index in [-0.39, 0.29) is 0 Å². The number of fused-ring (bicyclic) bond motifs is 5. The summed E-state index contributed by atoms with van der Waals surface area (Å²) < 4.78 is 0. The molecule has 1 saturated heterocycles. The number of nitrogens with one attached hydrogen (secondary N) is 1. The Morgan fingerprint density at radius 3 is 3.00 bits per heavy atom. The summed E-state index contributed by atoms with van der Waals surface area (Å²) in [6.45, 7) is 4.63. The first-order valence-corrected chi connectivity index (χ1v) is 5.16. The largest absolute Gasteiger partial charge is 0.316 e. The molecule has 1 aliphatic carbocycles. The molecule has 1 nitrogen and oxygen atoms in total. The molecule has 13 heavy (non-hydrogen) atoms. The Kier molecular flexibility index (Phi) is 1.50. The molecule has 0 aromatic heterocycles. The van der Waals surface area contributed by atoms with E-state index in [1.807, 2.05) is 0 Å². The predicted octanol–water partition coefficient (Wildman–Crippen LogP) is 2.17. The van der Waals surface area contributed by atoms with Crippen molar-refractivity contribution in [2.75, 3.05) is 13.1 Å². The zero-order valence-electron chi connectivity index (χ0n) is 8.01. The fourth-order valence-electron chi connectivity index (χ4n) is 3.02. The zero-order valence-corrected chi connectivity index (χ0v) is 8.01. The third-order valence-electron chi connectivity index (χ3n) is 3.56. The third kappa shape index (κ3) is 0.969. The lowest BCUT2D eigenvalue weighted by molar-refractivity contribution is 0.453. The summed E-state index contributed by atoms with van der Waals surface area (Å²) in [5, 5.41) is 3.52. The van der Waals surface area contributed by atoms with Gasteiger partial charge in [0.1, 0.15) is 0 Å². The van der Waals surface area contributed by atoms with E-state index >= 15 is 0 Å². The van der Waals surface area contributed by atoms with Gasteiger partial charge < -0.3 is 5.32 Å². The highest BCUT2D eigenvalue weighted by Crippen LogP contribution is 2.44. The lowest BCUT2D eigenvalue weighted by Gasteiger charge is -2.20. The third-order valence-corrected chi connectivity index (χ3v) is 3.56. The van der Waals surface area contributed by atoms with Gasteiger partial charge in [-0.25, -0.2) is 0 Å². The number of aryl methyl sites for hydroxylation is 1. The Balaban J connectivity index is 2.20. The van der Waals surface area contributed by atoms with Crippen molar-refractivity contribution in [2.45, 2.75) is 25.2 Å². The smallest absolute Gasteiger partial charge is 0.00208 e. The average molecular weight is 173 g/mol. The van der Waals surface area contributed by atoms with E-state index < -0.39 is 0 Å². The van der Waals surface area contributed by atoms with Gasteiger partial charge in [-0.1, -0.05) is 18.2 Å². The Bertz CT molecular complexity index is 343. The Morgan fingerprint density at radius 2 is 2.08 bits per heavy atom. The maximum Gasteiger partial charge on any atom is 0.00208 e. The summed E-state index contributed by atoms with van der Waals surface area (Å²) in [7, 11) is 0. The van der Waals surface area contributed by atoms with Crippen LogP contribution in [0.25, 0.3) is 0 Å². The van der Waals surface area contributed by atoms with Crippen molar-refractivity contribution in [3.63, 3.8) is 0 Å². The van der Waals surface area contributed by atoms with E-state index in [1.54, 1.807) is 11.1 Å². The number of hydrogen-bond acceptors (Lipinski definition) is 1. The minimum Gasteiger partial charge on any atom is -0.316 e. The molecule has 0 amide bonds. The van der Waals surface area contributed by atoms with Gasteiger partial charge >= 0.3 is 0 Å². The van der Waals surface area contributed by atoms with Gasteiger partial charge in [-0.05, 0) is 41.9 Å². The van der Waals surface area contributed by atoms with Crippen LogP contribution in [0.4, 0.5) is 0 Å². The van der Waals surface area contributed by atoms with Gasteiger partial charge in [0, 0.05) is 13.1 Å². The first kappa shape index (κ1) is 7.57. The summed E-state index contributed by atoms with van der Waals surface area (Å²) in [5.74, 6) is 1.60. The van der Waals surface area contributed by atoms with Gasteiger partial charge in [0.15, 0.2) is 0 Å². The van der Waals surface area contributed by atoms with Crippen molar-refractivity contribution in [3.05, 3.63) is 34.9 Å². The molecule has 2 atom stereocenters. The molecule has 2 bridgehead atoms. The first-order chi connectivity index (χ1) is 6.36. The van der Waals surface area contributed by atoms with Crippen LogP contribution >= 0.6 is 0 Å². The topological polar surface area (TPSA) is 12.0 Å². The number of rotatable bonds is 0. The SMILES string of the molecule is Cc1cccc2c1C1CNCC2C1. The molecule has 1 N–H and O–H groups in total. The van der Waals surface area contributed by atoms with E-state index in [2.05, 4.69) is 30.4 Å². The summed E-state index contributed by atoms with van der Waals surface area (Å²) in [5.41, 5.74) is 4.77. The fraction of sp³-hybridized carbons (Fsp3) is 0.500. The van der Waals surface area contributed by atoms with Crippen LogP contribution in [0, 0.1) is 6.92 Å². The standard InChI is InChI=1S/C12H15N/c1-8-3-2-4-11-9-5-10(12(8)11)7-13-6-9/h2-4,9-10,13H,5-7H2,1H3. The second-order valence-corrected chi connectivity index (χ2v) is 4.37. The number of benzene rings is 1. The van der Waals surface area contributed by atoms with Crippen LogP contribution in [0.15, 0.2) is 18.2 Å². The maximum atomic E-state index is 3.52. The second kappa shape index (κ2) is 2.58. The normalized spacial score (nSPS) is 30.2. The van der Waals surface area contributed by atoms with Crippen molar-refractivity contribution >= 4 is 0 Å². The molecule has 0 radical (unpaired) electrons. The Hall–Kier alpha value is -0.820. The molecule has 1 aromatic rings. The highest BCUT2D eigenvalue weighted by molar-refractivity contribution is 5.45. The Morgan fingerprint density at radius 1 is 1.23 bits per heavy atom. The van der Waals surface area contributed by atoms with Crippen LogP contribution in [0.3, 0.4) is 0 Å². The van der Waals surface area contributed by atoms with Crippen LogP contribution in [0.1, 0.15) is 34.9 Å². The van der Waals surface area contributed by atoms with E-state index in [4.69, 9.17) is 0 Å². The van der Waals surface area contributed by atoms with E-state index in [9.17, 15) is 0 Å².